The number of anilines is 1. The second-order valence-corrected chi connectivity index (χ2v) is 10.5. The van der Waals surface area contributed by atoms with Crippen molar-refractivity contribution in [2.45, 2.75) is 6.54 Å². The maximum Gasteiger partial charge on any atom is 0.259 e. The molecule has 3 rings (SSSR count). The molecule has 0 saturated carbocycles. The molecule has 1 amide bonds. The number of nitrogens with one attached hydrogen (secondary N) is 3. The van der Waals surface area contributed by atoms with E-state index in [1.54, 1.807) is 16.8 Å². The topological polar surface area (TPSA) is 181 Å². The summed E-state index contributed by atoms with van der Waals surface area (Å²) < 4.78 is 40.8. The summed E-state index contributed by atoms with van der Waals surface area (Å²) in [5.41, 5.74) is 5.80. The number of carbonyl (C=O) groups is 1. The zero-order valence-corrected chi connectivity index (χ0v) is 22.1. The molecule has 200 valence electrons. The summed E-state index contributed by atoms with van der Waals surface area (Å²) in [6.45, 7) is -0.274. The van der Waals surface area contributed by atoms with Gasteiger partial charge in [-0.3, -0.25) is 10.2 Å². The summed E-state index contributed by atoms with van der Waals surface area (Å²) in [4.78, 5) is 37.0. The molecule has 1 unspecified atom stereocenters. The largest absolute Gasteiger partial charge is 0.505 e. The van der Waals surface area contributed by atoms with Gasteiger partial charge in [0.25, 0.3) is 5.91 Å². The summed E-state index contributed by atoms with van der Waals surface area (Å²) in [5.74, 6) is -4.54. The number of aliphatic hydroxyl groups excluding tert-OH is 1. The number of hydrogen-bond acceptors (Lipinski definition) is 8. The van der Waals surface area contributed by atoms with Crippen LogP contribution in [0.4, 0.5) is 20.2 Å². The van der Waals surface area contributed by atoms with Crippen molar-refractivity contribution in [3.05, 3.63) is 87.3 Å². The predicted octanol–water partition coefficient (Wildman–Crippen LogP) is 2.84. The van der Waals surface area contributed by atoms with Crippen LogP contribution in [-0.2, 0) is 22.3 Å². The average molecular weight is 582 g/mol. The number of hydrogen-bond donors (Lipinski definition) is 7. The summed E-state index contributed by atoms with van der Waals surface area (Å²) in [7, 11) is -4.15. The lowest BCUT2D eigenvalue weighted by Gasteiger charge is -2.14. The first-order valence-electron chi connectivity index (χ1n) is 10.5. The average Bonchev–Trinajstić information content (AvgIpc) is 3.40. The molecule has 2 aromatic carbocycles. The number of rotatable bonds is 10. The van der Waals surface area contributed by atoms with Gasteiger partial charge in [-0.05, 0) is 47.3 Å². The summed E-state index contributed by atoms with van der Waals surface area (Å²) >= 11 is 1.25. The van der Waals surface area contributed by atoms with Gasteiger partial charge in [0.15, 0.2) is 17.4 Å². The highest BCUT2D eigenvalue weighted by Crippen LogP contribution is 2.31. The highest BCUT2D eigenvalue weighted by Gasteiger charge is 2.24. The van der Waals surface area contributed by atoms with Gasteiger partial charge in [0.2, 0.25) is 8.38 Å². The lowest BCUT2D eigenvalue weighted by Crippen LogP contribution is -2.34. The number of amides is 1. The molecule has 0 saturated heterocycles. The fraction of sp³-hybridized carbons (Fsp3) is 0.0870. The molecule has 15 heteroatoms. The third kappa shape index (κ3) is 7.27. The van der Waals surface area contributed by atoms with Crippen LogP contribution in [0.2, 0.25) is 0 Å². The zero-order valence-electron chi connectivity index (χ0n) is 19.6. The van der Waals surface area contributed by atoms with Crippen LogP contribution in [0.5, 0.6) is 0 Å². The van der Waals surface area contributed by atoms with Gasteiger partial charge in [-0.1, -0.05) is 6.07 Å². The van der Waals surface area contributed by atoms with E-state index in [0.717, 1.165) is 12.1 Å². The first-order chi connectivity index (χ1) is 18.0. The first-order valence-corrected chi connectivity index (χ1v) is 14.3. The second kappa shape index (κ2) is 12.8. The van der Waals surface area contributed by atoms with Crippen LogP contribution < -0.4 is 21.1 Å². The minimum atomic E-state index is -2.71. The van der Waals surface area contributed by atoms with Crippen molar-refractivity contribution >= 4 is 64.8 Å². The molecular weight excluding hydrogens is 559 g/mol. The lowest BCUT2D eigenvalue weighted by atomic mass is 10.1. The molecule has 10 nitrogen and oxygen atoms in total. The van der Waals surface area contributed by atoms with Crippen LogP contribution in [0.15, 0.2) is 69.5 Å². The highest BCUT2D eigenvalue weighted by atomic mass is 32.2. The Morgan fingerprint density at radius 2 is 1.92 bits per heavy atom. The van der Waals surface area contributed by atoms with E-state index in [1.807, 2.05) is 0 Å². The second-order valence-electron chi connectivity index (χ2n) is 7.59. The van der Waals surface area contributed by atoms with Crippen molar-refractivity contribution in [3.63, 3.8) is 0 Å². The number of aliphatic hydroxyl groups is 1. The van der Waals surface area contributed by atoms with Gasteiger partial charge in [0.1, 0.15) is 28.1 Å². The number of aliphatic imine (C=N–C) groups is 1. The molecule has 0 aliphatic carbocycles. The Kier molecular flexibility index (Phi) is 9.78. The number of nitrogens with zero attached hydrogens (tertiary/aromatic N) is 1. The Balaban J connectivity index is 2.03. The van der Waals surface area contributed by atoms with Gasteiger partial charge in [-0.25, -0.2) is 18.0 Å². The number of allylic oxidation sites excluding steroid dienone is 1. The van der Waals surface area contributed by atoms with Gasteiger partial charge in [-0.2, -0.15) is 11.3 Å². The fourth-order valence-electron chi connectivity index (χ4n) is 3.13. The van der Waals surface area contributed by atoms with Crippen LogP contribution in [0, 0.1) is 17.0 Å². The highest BCUT2D eigenvalue weighted by molar-refractivity contribution is 7.85. The quantitative estimate of drug-likeness (QED) is 0.0635. The number of nitrogens with two attached hydrogens (primary N) is 1. The molecule has 1 aromatic heterocycles. The van der Waals surface area contributed by atoms with Gasteiger partial charge in [0, 0.05) is 29.4 Å². The van der Waals surface area contributed by atoms with Crippen LogP contribution in [0.25, 0.3) is 0 Å². The van der Waals surface area contributed by atoms with Crippen molar-refractivity contribution in [3.8, 4) is 0 Å². The number of amidine groups is 1. The Morgan fingerprint density at radius 3 is 2.53 bits per heavy atom. The molecule has 38 heavy (non-hydrogen) atoms. The van der Waals surface area contributed by atoms with Crippen LogP contribution in [0.3, 0.4) is 0 Å². The minimum Gasteiger partial charge on any atom is -0.505 e. The number of halogens is 2. The van der Waals surface area contributed by atoms with Crippen molar-refractivity contribution in [2.24, 2.45) is 10.7 Å². The minimum absolute atomic E-state index is 0.0631. The maximum absolute atomic E-state index is 13.6. The van der Waals surface area contributed by atoms with Crippen LogP contribution in [0.1, 0.15) is 11.1 Å². The summed E-state index contributed by atoms with van der Waals surface area (Å²) in [5, 5.41) is 24.7. The summed E-state index contributed by atoms with van der Waals surface area (Å²) in [6, 6.07) is 8.64. The molecule has 0 spiro atoms. The Morgan fingerprint density at radius 1 is 1.18 bits per heavy atom. The van der Waals surface area contributed by atoms with Crippen LogP contribution >= 0.6 is 19.7 Å². The Labute approximate surface area is 223 Å². The van der Waals surface area contributed by atoms with Crippen molar-refractivity contribution in [1.82, 2.24) is 5.32 Å². The van der Waals surface area contributed by atoms with E-state index < -0.39 is 59.8 Å². The normalized spacial score (nSPS) is 13.2. The molecule has 0 aliphatic rings. The number of thiophene rings is 1. The monoisotopic (exact) mass is 581 g/mol. The van der Waals surface area contributed by atoms with E-state index in [-0.39, 0.29) is 23.1 Å². The molecular formula is C23H22F2N5O5PS2. The third-order valence-electron chi connectivity index (χ3n) is 4.90. The predicted molar refractivity (Wildman–Crippen MR) is 145 cm³/mol. The van der Waals surface area contributed by atoms with E-state index in [4.69, 9.17) is 11.1 Å². The molecule has 0 bridgehead atoms. The van der Waals surface area contributed by atoms with E-state index in [1.165, 1.54) is 41.9 Å². The fourth-order valence-corrected chi connectivity index (χ4v) is 4.82. The van der Waals surface area contributed by atoms with E-state index in [9.17, 15) is 32.7 Å². The first kappa shape index (κ1) is 29.0. The molecule has 0 radical (unpaired) electrons. The van der Waals surface area contributed by atoms with E-state index in [0.29, 0.717) is 11.3 Å². The van der Waals surface area contributed by atoms with E-state index >= 15 is 0 Å². The molecule has 3 aromatic rings. The molecule has 1 atom stereocenters. The Hall–Kier alpha value is -3.55. The molecule has 0 aliphatic heterocycles. The summed E-state index contributed by atoms with van der Waals surface area (Å²) in [6.07, 6.45) is 1.38. The third-order valence-corrected chi connectivity index (χ3v) is 6.89. The van der Waals surface area contributed by atoms with Gasteiger partial charge >= 0.3 is 0 Å². The smallest absolute Gasteiger partial charge is 0.259 e. The van der Waals surface area contributed by atoms with Crippen molar-refractivity contribution < 1.29 is 32.7 Å². The number of carbonyl (C=O) groups excluding carboxylic acids is 1. The Bertz CT molecular complexity index is 1450. The maximum atomic E-state index is 13.6. The molecule has 8 N–H and O–H groups in total. The van der Waals surface area contributed by atoms with E-state index in [2.05, 4.69) is 15.0 Å². The number of benzene rings is 2. The van der Waals surface area contributed by atoms with Gasteiger partial charge in [0.05, 0.1) is 11.0 Å². The van der Waals surface area contributed by atoms with Gasteiger partial charge in [-0.15, -0.1) is 0 Å². The van der Waals surface area contributed by atoms with Crippen molar-refractivity contribution in [1.29, 1.82) is 5.41 Å². The molecule has 1 heterocycles. The standard InChI is InChI=1S/C23H22F2N5O5PS2/c1-38(35)30-14-3-5-17(18(9-14)36(33)34)29-22(27)19(21(31)20(26)13-6-7-37-11-13)23(32)28-10-12-2-4-15(24)16(25)8-12/h2-9,11,26,30-31,33-34H,10H2,1H3,(H2,27,29)(H,28,32)/b21-19+,26-20?. The molecule has 0 fully saturated rings. The van der Waals surface area contributed by atoms with Crippen molar-refractivity contribution in [2.75, 3.05) is 11.0 Å². The SMILES string of the molecule is CS(=O)Nc1ccc(N=C(N)/C(C(=O)NCc2ccc(F)c(F)c2)=C(\O)C(=N)c2ccsc2)c(P(O)O)c1. The zero-order chi connectivity index (χ0) is 28.0. The van der Waals surface area contributed by atoms with Gasteiger partial charge < -0.3 is 30.7 Å². The van der Waals surface area contributed by atoms with Crippen LogP contribution in [-0.4, -0.2) is 42.8 Å². The lowest BCUT2D eigenvalue weighted by molar-refractivity contribution is -0.117.